The molecular weight excluding hydrogens is 256 g/mol. The van der Waals surface area contributed by atoms with Gasteiger partial charge in [-0.25, -0.2) is 0 Å². The van der Waals surface area contributed by atoms with E-state index in [9.17, 15) is 0 Å². The van der Waals surface area contributed by atoms with Gasteiger partial charge in [-0.1, -0.05) is 45.0 Å². The lowest BCUT2D eigenvalue weighted by Gasteiger charge is -2.39. The van der Waals surface area contributed by atoms with Gasteiger partial charge in [-0.3, -0.25) is 4.98 Å². The van der Waals surface area contributed by atoms with Gasteiger partial charge in [0.15, 0.2) is 0 Å². The molecule has 0 radical (unpaired) electrons. The monoisotopic (exact) mass is 282 g/mol. The molecule has 0 bridgehead atoms. The zero-order chi connectivity index (χ0) is 14.9. The van der Waals surface area contributed by atoms with E-state index >= 15 is 0 Å². The predicted molar refractivity (Wildman–Crippen MR) is 89.2 cm³/mol. The molecule has 0 amide bonds. The Bertz CT molecular complexity index is 612. The highest BCUT2D eigenvalue weighted by molar-refractivity contribution is 5.81. The van der Waals surface area contributed by atoms with Gasteiger partial charge in [0.25, 0.3) is 0 Å². The number of para-hydroxylation sites is 1. The highest BCUT2D eigenvalue weighted by Gasteiger charge is 2.31. The van der Waals surface area contributed by atoms with Crippen LogP contribution in [0.1, 0.15) is 45.6 Å². The summed E-state index contributed by atoms with van der Waals surface area (Å²) >= 11 is 0. The van der Waals surface area contributed by atoms with Gasteiger partial charge in [0.2, 0.25) is 0 Å². The minimum absolute atomic E-state index is 0.465. The number of benzene rings is 1. The third-order valence-corrected chi connectivity index (χ3v) is 4.68. The van der Waals surface area contributed by atoms with Crippen LogP contribution in [0.2, 0.25) is 0 Å². The van der Waals surface area contributed by atoms with Crippen molar-refractivity contribution in [2.45, 2.75) is 52.6 Å². The molecule has 1 aromatic heterocycles. The van der Waals surface area contributed by atoms with Gasteiger partial charge >= 0.3 is 0 Å². The summed E-state index contributed by atoms with van der Waals surface area (Å²) in [5.41, 5.74) is 2.91. The molecule has 3 rings (SSSR count). The molecule has 2 aromatic rings. The third-order valence-electron chi connectivity index (χ3n) is 4.68. The summed E-state index contributed by atoms with van der Waals surface area (Å²) in [7, 11) is 0. The van der Waals surface area contributed by atoms with E-state index in [1.807, 2.05) is 12.3 Å². The van der Waals surface area contributed by atoms with Crippen molar-refractivity contribution < 1.29 is 0 Å². The van der Waals surface area contributed by atoms with Crippen LogP contribution < -0.4 is 5.32 Å². The molecule has 2 atom stereocenters. The Labute approximate surface area is 128 Å². The van der Waals surface area contributed by atoms with Crippen molar-refractivity contribution in [3.05, 3.63) is 42.1 Å². The van der Waals surface area contributed by atoms with Crippen molar-refractivity contribution in [1.29, 1.82) is 0 Å². The fourth-order valence-electron chi connectivity index (χ4n) is 4.07. The number of fused-ring (bicyclic) bond motifs is 1. The number of hydrogen-bond acceptors (Lipinski definition) is 2. The second-order valence-corrected chi connectivity index (χ2v) is 7.48. The van der Waals surface area contributed by atoms with E-state index in [2.05, 4.69) is 55.3 Å². The van der Waals surface area contributed by atoms with Gasteiger partial charge < -0.3 is 5.32 Å². The Morgan fingerprint density at radius 2 is 2.00 bits per heavy atom. The van der Waals surface area contributed by atoms with E-state index in [0.717, 1.165) is 18.0 Å². The first-order valence-corrected chi connectivity index (χ1v) is 8.09. The zero-order valence-corrected chi connectivity index (χ0v) is 13.4. The van der Waals surface area contributed by atoms with Crippen molar-refractivity contribution in [3.8, 4) is 0 Å². The Morgan fingerprint density at radius 1 is 1.19 bits per heavy atom. The molecule has 2 heteroatoms. The van der Waals surface area contributed by atoms with E-state index in [0.29, 0.717) is 11.5 Å². The summed E-state index contributed by atoms with van der Waals surface area (Å²) in [5.74, 6) is 0.817. The summed E-state index contributed by atoms with van der Waals surface area (Å²) in [6.45, 7) is 8.10. The Kier molecular flexibility index (Phi) is 3.99. The molecule has 2 nitrogen and oxygen atoms in total. The van der Waals surface area contributed by atoms with Gasteiger partial charge in [-0.2, -0.15) is 0 Å². The normalized spacial score (nSPS) is 25.1. The lowest BCUT2D eigenvalue weighted by atomic mass is 9.70. The number of nitrogens with one attached hydrogen (secondary N) is 1. The summed E-state index contributed by atoms with van der Waals surface area (Å²) in [5, 5.41) is 5.01. The quantitative estimate of drug-likeness (QED) is 0.894. The average Bonchev–Trinajstić information content (AvgIpc) is 2.43. The van der Waals surface area contributed by atoms with E-state index in [1.54, 1.807) is 0 Å². The Balaban J connectivity index is 1.72. The van der Waals surface area contributed by atoms with E-state index in [4.69, 9.17) is 0 Å². The van der Waals surface area contributed by atoms with E-state index in [-0.39, 0.29) is 0 Å². The fraction of sp³-hybridized carbons (Fsp3) is 0.526. The Morgan fingerprint density at radius 3 is 2.81 bits per heavy atom. The summed E-state index contributed by atoms with van der Waals surface area (Å²) in [6.07, 6.45) is 5.80. The van der Waals surface area contributed by atoms with Crippen molar-refractivity contribution in [2.75, 3.05) is 0 Å². The maximum atomic E-state index is 4.55. The first-order valence-electron chi connectivity index (χ1n) is 8.09. The number of hydrogen-bond donors (Lipinski definition) is 1. The predicted octanol–water partition coefficient (Wildman–Crippen LogP) is 4.54. The molecule has 21 heavy (non-hydrogen) atoms. The van der Waals surface area contributed by atoms with Crippen LogP contribution in [0, 0.1) is 11.3 Å². The average molecular weight is 282 g/mol. The molecule has 1 N–H and O–H groups in total. The molecule has 1 fully saturated rings. The van der Waals surface area contributed by atoms with Crippen molar-refractivity contribution in [2.24, 2.45) is 11.3 Å². The van der Waals surface area contributed by atoms with Gasteiger partial charge in [0.05, 0.1) is 5.52 Å². The fourth-order valence-corrected chi connectivity index (χ4v) is 4.07. The SMILES string of the molecule is CC1CC(NCc2cccc3cccnc23)CC(C)(C)C1. The summed E-state index contributed by atoms with van der Waals surface area (Å²) in [6, 6.07) is 11.2. The zero-order valence-electron chi connectivity index (χ0n) is 13.4. The van der Waals surface area contributed by atoms with E-state index < -0.39 is 0 Å². The molecule has 1 aliphatic rings. The molecule has 0 saturated heterocycles. The molecular formula is C19H26N2. The number of aromatic nitrogens is 1. The molecule has 1 aromatic carbocycles. The van der Waals surface area contributed by atoms with Crippen molar-refractivity contribution in [1.82, 2.24) is 10.3 Å². The topological polar surface area (TPSA) is 24.9 Å². The van der Waals surface area contributed by atoms with Crippen LogP contribution in [0.4, 0.5) is 0 Å². The minimum Gasteiger partial charge on any atom is -0.310 e. The molecule has 2 unspecified atom stereocenters. The standard InChI is InChI=1S/C19H26N2/c1-14-10-17(12-19(2,3)11-14)21-13-16-7-4-6-15-8-5-9-20-18(15)16/h4-9,14,17,21H,10-13H2,1-3H3. The molecule has 0 spiro atoms. The first kappa shape index (κ1) is 14.5. The third kappa shape index (κ3) is 3.44. The van der Waals surface area contributed by atoms with E-state index in [1.165, 1.54) is 30.2 Å². The van der Waals surface area contributed by atoms with Crippen LogP contribution in [0.15, 0.2) is 36.5 Å². The highest BCUT2D eigenvalue weighted by Crippen LogP contribution is 2.38. The number of pyridine rings is 1. The molecule has 112 valence electrons. The van der Waals surface area contributed by atoms with Crippen LogP contribution in [0.25, 0.3) is 10.9 Å². The summed E-state index contributed by atoms with van der Waals surface area (Å²) in [4.78, 5) is 4.55. The van der Waals surface area contributed by atoms with Crippen LogP contribution in [0.3, 0.4) is 0 Å². The first-order chi connectivity index (χ1) is 10.0. The van der Waals surface area contributed by atoms with Crippen LogP contribution >= 0.6 is 0 Å². The summed E-state index contributed by atoms with van der Waals surface area (Å²) < 4.78 is 0. The molecule has 1 heterocycles. The highest BCUT2D eigenvalue weighted by atomic mass is 14.9. The van der Waals surface area contributed by atoms with Gasteiger partial charge in [-0.05, 0) is 42.2 Å². The van der Waals surface area contributed by atoms with Gasteiger partial charge in [-0.15, -0.1) is 0 Å². The maximum Gasteiger partial charge on any atom is 0.0746 e. The van der Waals surface area contributed by atoms with Crippen molar-refractivity contribution >= 4 is 10.9 Å². The molecule has 0 aliphatic heterocycles. The lowest BCUT2D eigenvalue weighted by Crippen LogP contribution is -2.39. The largest absolute Gasteiger partial charge is 0.310 e. The minimum atomic E-state index is 0.465. The van der Waals surface area contributed by atoms with Crippen LogP contribution in [-0.4, -0.2) is 11.0 Å². The second-order valence-electron chi connectivity index (χ2n) is 7.48. The van der Waals surface area contributed by atoms with Gasteiger partial charge in [0.1, 0.15) is 0 Å². The number of rotatable bonds is 3. The Hall–Kier alpha value is -1.41. The van der Waals surface area contributed by atoms with Crippen LogP contribution in [-0.2, 0) is 6.54 Å². The van der Waals surface area contributed by atoms with Crippen LogP contribution in [0.5, 0.6) is 0 Å². The smallest absolute Gasteiger partial charge is 0.0746 e. The molecule has 1 saturated carbocycles. The second kappa shape index (κ2) is 5.76. The van der Waals surface area contributed by atoms with Gasteiger partial charge in [0, 0.05) is 24.2 Å². The van der Waals surface area contributed by atoms with Crippen molar-refractivity contribution in [3.63, 3.8) is 0 Å². The lowest BCUT2D eigenvalue weighted by molar-refractivity contribution is 0.151. The molecule has 1 aliphatic carbocycles. The number of nitrogens with zero attached hydrogens (tertiary/aromatic N) is 1. The maximum absolute atomic E-state index is 4.55.